The topological polar surface area (TPSA) is 27.7 Å². The summed E-state index contributed by atoms with van der Waals surface area (Å²) in [6.45, 7) is 2.11. The maximum absolute atomic E-state index is 5.56. The third-order valence-corrected chi connectivity index (χ3v) is 7.10. The molecule has 0 N–H and O–H groups in total. The molecule has 0 aliphatic rings. The van der Waals surface area contributed by atoms with Crippen LogP contribution in [0, 0.1) is 0 Å². The molecule has 0 saturated heterocycles. The van der Waals surface area contributed by atoms with Gasteiger partial charge in [-0.3, -0.25) is 0 Å². The second kappa shape index (κ2) is 6.42. The molecule has 0 bridgehead atoms. The van der Waals surface area contributed by atoms with Gasteiger partial charge >= 0.3 is 82.8 Å². The van der Waals surface area contributed by atoms with E-state index in [1.807, 2.05) is 0 Å². The van der Waals surface area contributed by atoms with Gasteiger partial charge in [0, 0.05) is 0 Å². The Morgan fingerprint density at radius 1 is 1.27 bits per heavy atom. The third kappa shape index (κ3) is 3.89. The summed E-state index contributed by atoms with van der Waals surface area (Å²) in [4.78, 5) is 0. The number of rotatable bonds is 6. The molecular formula is C6H18O3SiSn. The van der Waals surface area contributed by atoms with Crippen molar-refractivity contribution in [3.8, 4) is 0 Å². The van der Waals surface area contributed by atoms with Crippen LogP contribution in [0.3, 0.4) is 0 Å². The van der Waals surface area contributed by atoms with Gasteiger partial charge in [-0.25, -0.2) is 0 Å². The number of hydrogen-bond donors (Lipinski definition) is 0. The molecule has 5 heteroatoms. The van der Waals surface area contributed by atoms with E-state index in [2.05, 4.69) is 6.92 Å². The molecule has 0 heterocycles. The second-order valence-corrected chi connectivity index (χ2v) is 6.89. The third-order valence-electron chi connectivity index (χ3n) is 1.54. The fourth-order valence-corrected chi connectivity index (χ4v) is 6.78. The van der Waals surface area contributed by atoms with E-state index in [0.29, 0.717) is 22.5 Å². The van der Waals surface area contributed by atoms with Crippen LogP contribution in [-0.4, -0.2) is 50.2 Å². The standard InChI is InChI=1S/C6H15O3Si.Sn.3H/c1-5-6-10(7-2,8-3)9-4;;;;/h2,5-6H2,1,3-4H3;;;;. The average Bonchev–Trinajstić information content (AvgIpc) is 2.04. The molecule has 0 unspecified atom stereocenters. The second-order valence-electron chi connectivity index (χ2n) is 2.27. The van der Waals surface area contributed by atoms with Gasteiger partial charge in [0.1, 0.15) is 0 Å². The van der Waals surface area contributed by atoms with Gasteiger partial charge in [-0.05, 0) is 0 Å². The Morgan fingerprint density at radius 2 is 1.82 bits per heavy atom. The maximum atomic E-state index is 5.56. The zero-order valence-electron chi connectivity index (χ0n) is 7.85. The van der Waals surface area contributed by atoms with Crippen LogP contribution in [0.5, 0.6) is 0 Å². The van der Waals surface area contributed by atoms with E-state index < -0.39 is 8.80 Å². The van der Waals surface area contributed by atoms with Gasteiger partial charge in [0.2, 0.25) is 0 Å². The molecule has 0 radical (unpaired) electrons. The normalized spacial score (nSPS) is 12.3. The van der Waals surface area contributed by atoms with Crippen molar-refractivity contribution in [2.24, 2.45) is 0 Å². The molecule has 0 amide bonds. The zero-order chi connectivity index (χ0) is 8.74. The van der Waals surface area contributed by atoms with Crippen LogP contribution in [0.15, 0.2) is 0 Å². The predicted octanol–water partition coefficient (Wildman–Crippen LogP) is -0.0324. The monoisotopic (exact) mass is 286 g/mol. The molecule has 68 valence electrons. The molecule has 0 aromatic rings. The summed E-state index contributed by atoms with van der Waals surface area (Å²) < 4.78 is 17.0. The average molecular weight is 285 g/mol. The Bertz CT molecular complexity index is 89.8. The molecule has 0 saturated carbocycles. The van der Waals surface area contributed by atoms with E-state index in [4.69, 9.17) is 13.3 Å². The molecule has 0 atom stereocenters. The van der Waals surface area contributed by atoms with Gasteiger partial charge in [0.15, 0.2) is 0 Å². The predicted molar refractivity (Wildman–Crippen MR) is 50.8 cm³/mol. The summed E-state index contributed by atoms with van der Waals surface area (Å²) in [5.74, 6) is 0. The minimum absolute atomic E-state index is 0.570. The summed E-state index contributed by atoms with van der Waals surface area (Å²) in [7, 11) is 1.16. The fraction of sp³-hybridized carbons (Fsp3) is 1.00. The first kappa shape index (κ1) is 11.9. The quantitative estimate of drug-likeness (QED) is 0.641. The molecule has 0 aromatic heterocycles. The van der Waals surface area contributed by atoms with Crippen molar-refractivity contribution < 1.29 is 13.3 Å². The first-order valence-electron chi connectivity index (χ1n) is 3.99. The van der Waals surface area contributed by atoms with Crippen molar-refractivity contribution in [1.82, 2.24) is 0 Å². The van der Waals surface area contributed by atoms with Crippen LogP contribution in [0.25, 0.3) is 0 Å². The molecule has 0 aliphatic heterocycles. The summed E-state index contributed by atoms with van der Waals surface area (Å²) in [6, 6.07) is 0.930. The zero-order valence-corrected chi connectivity index (χ0v) is 14.6. The summed E-state index contributed by atoms with van der Waals surface area (Å²) in [5, 5.41) is 0. The summed E-state index contributed by atoms with van der Waals surface area (Å²) in [5.41, 5.74) is 0. The van der Waals surface area contributed by atoms with Crippen LogP contribution in [0.2, 0.25) is 6.04 Å². The molecule has 0 aromatic carbocycles. The minimum atomic E-state index is -2.19. The van der Waals surface area contributed by atoms with E-state index in [9.17, 15) is 0 Å². The van der Waals surface area contributed by atoms with E-state index in [1.165, 1.54) is 0 Å². The van der Waals surface area contributed by atoms with Gasteiger partial charge in [-0.2, -0.15) is 0 Å². The van der Waals surface area contributed by atoms with Gasteiger partial charge in [0.05, 0.1) is 0 Å². The van der Waals surface area contributed by atoms with Gasteiger partial charge in [0.25, 0.3) is 0 Å². The summed E-state index contributed by atoms with van der Waals surface area (Å²) >= 11 is 0.570. The Balaban J connectivity index is 3.96. The van der Waals surface area contributed by atoms with Crippen LogP contribution in [0.1, 0.15) is 13.3 Å². The summed E-state index contributed by atoms with van der Waals surface area (Å²) in [6.07, 6.45) is 1.06. The van der Waals surface area contributed by atoms with E-state index in [0.717, 1.165) is 17.1 Å². The molecule has 11 heavy (non-hydrogen) atoms. The molecule has 0 spiro atoms. The van der Waals surface area contributed by atoms with Crippen molar-refractivity contribution in [2.45, 2.75) is 19.4 Å². The molecule has 0 rings (SSSR count). The molecule has 3 nitrogen and oxygen atoms in total. The van der Waals surface area contributed by atoms with Crippen LogP contribution in [-0.2, 0) is 13.3 Å². The van der Waals surface area contributed by atoms with Crippen molar-refractivity contribution in [1.29, 1.82) is 0 Å². The van der Waals surface area contributed by atoms with E-state index in [-0.39, 0.29) is 0 Å². The Labute approximate surface area is 82.9 Å². The first-order chi connectivity index (χ1) is 5.24. The van der Waals surface area contributed by atoms with Crippen molar-refractivity contribution in [2.75, 3.05) is 18.8 Å². The molecule has 0 fully saturated rings. The van der Waals surface area contributed by atoms with Crippen LogP contribution < -0.4 is 0 Å². The van der Waals surface area contributed by atoms with E-state index in [1.54, 1.807) is 14.2 Å². The number of hydrogen-bond acceptors (Lipinski definition) is 3. The Hall–Kier alpha value is 0.896. The van der Waals surface area contributed by atoms with Crippen molar-refractivity contribution in [3.05, 3.63) is 0 Å². The first-order valence-corrected chi connectivity index (χ1v) is 9.95. The van der Waals surface area contributed by atoms with Crippen molar-refractivity contribution >= 4 is 31.3 Å². The van der Waals surface area contributed by atoms with Gasteiger partial charge in [-0.15, -0.1) is 0 Å². The van der Waals surface area contributed by atoms with Crippen molar-refractivity contribution in [3.63, 3.8) is 0 Å². The van der Waals surface area contributed by atoms with E-state index >= 15 is 0 Å². The molecule has 0 aliphatic carbocycles. The Morgan fingerprint density at radius 3 is 2.09 bits per heavy atom. The van der Waals surface area contributed by atoms with Crippen LogP contribution >= 0.6 is 0 Å². The van der Waals surface area contributed by atoms with Gasteiger partial charge < -0.3 is 0 Å². The fourth-order valence-electron chi connectivity index (χ4n) is 1.00. The Kier molecular flexibility index (Phi) is 6.94. The van der Waals surface area contributed by atoms with Gasteiger partial charge in [-0.1, -0.05) is 0 Å². The van der Waals surface area contributed by atoms with Crippen LogP contribution in [0.4, 0.5) is 0 Å². The molecular weight excluding hydrogens is 267 g/mol. The SMILES string of the molecule is CCC[Si](OC)(OC)O[CH2][SnH3].